The predicted molar refractivity (Wildman–Crippen MR) is 102 cm³/mol. The Labute approximate surface area is 157 Å². The van der Waals surface area contributed by atoms with E-state index in [9.17, 15) is 19.8 Å². The molecule has 26 heavy (non-hydrogen) atoms. The highest BCUT2D eigenvalue weighted by Gasteiger charge is 2.36. The SMILES string of the molecule is CCCCC[C@H](O)CC[C@@H]1/C(=C\CCCCCC(=O)OC)C(=O)C[C@H]1O. The van der Waals surface area contributed by atoms with Crippen LogP contribution in [0.25, 0.3) is 0 Å². The first kappa shape index (κ1) is 22.8. The van der Waals surface area contributed by atoms with E-state index in [1.54, 1.807) is 0 Å². The highest BCUT2D eigenvalue weighted by atomic mass is 16.5. The second kappa shape index (κ2) is 13.0. The summed E-state index contributed by atoms with van der Waals surface area (Å²) in [6.45, 7) is 2.14. The van der Waals surface area contributed by atoms with Crippen LogP contribution in [0.15, 0.2) is 11.6 Å². The lowest BCUT2D eigenvalue weighted by Crippen LogP contribution is -2.17. The molecule has 0 amide bonds. The molecule has 0 aromatic rings. The number of carbonyl (C=O) groups excluding carboxylic acids is 2. The van der Waals surface area contributed by atoms with Crippen molar-refractivity contribution < 1.29 is 24.5 Å². The molecule has 3 atom stereocenters. The fourth-order valence-electron chi connectivity index (χ4n) is 3.57. The third kappa shape index (κ3) is 8.45. The van der Waals surface area contributed by atoms with Gasteiger partial charge in [0.05, 0.1) is 19.3 Å². The number of aliphatic hydroxyl groups is 2. The normalized spacial score (nSPS) is 22.8. The minimum absolute atomic E-state index is 0.0394. The van der Waals surface area contributed by atoms with Crippen molar-refractivity contribution in [3.8, 4) is 0 Å². The van der Waals surface area contributed by atoms with Gasteiger partial charge in [0.15, 0.2) is 5.78 Å². The first-order valence-corrected chi connectivity index (χ1v) is 10.2. The molecule has 150 valence electrons. The standard InChI is InChI=1S/C21H36O5/c1-3-4-7-10-16(22)13-14-18-17(19(23)15-20(18)24)11-8-5-6-9-12-21(25)26-2/h11,16,18,20,22,24H,3-10,12-15H2,1-2H3/b17-11+/t16-,18+,20+/m0/s1. The van der Waals surface area contributed by atoms with Crippen LogP contribution in [0, 0.1) is 5.92 Å². The van der Waals surface area contributed by atoms with E-state index in [0.717, 1.165) is 56.9 Å². The van der Waals surface area contributed by atoms with Crippen LogP contribution in [0.3, 0.4) is 0 Å². The van der Waals surface area contributed by atoms with Gasteiger partial charge in [-0.2, -0.15) is 0 Å². The number of methoxy groups -OCH3 is 1. The molecule has 0 aromatic carbocycles. The maximum absolute atomic E-state index is 12.1. The van der Waals surface area contributed by atoms with Crippen molar-refractivity contribution in [2.24, 2.45) is 5.92 Å². The summed E-state index contributed by atoms with van der Waals surface area (Å²) in [4.78, 5) is 23.2. The number of esters is 1. The first-order valence-electron chi connectivity index (χ1n) is 10.2. The fraction of sp³-hybridized carbons (Fsp3) is 0.810. The van der Waals surface area contributed by atoms with Crippen molar-refractivity contribution in [3.05, 3.63) is 11.6 Å². The molecule has 1 aliphatic rings. The highest BCUT2D eigenvalue weighted by molar-refractivity contribution is 5.98. The molecule has 0 bridgehead atoms. The molecule has 0 spiro atoms. The largest absolute Gasteiger partial charge is 0.469 e. The molecule has 5 heteroatoms. The molecular weight excluding hydrogens is 332 g/mol. The number of Topliss-reactive ketones (excluding diaryl/α,β-unsaturated/α-hetero) is 1. The van der Waals surface area contributed by atoms with E-state index in [1.807, 2.05) is 6.08 Å². The number of unbranched alkanes of at least 4 members (excludes halogenated alkanes) is 5. The van der Waals surface area contributed by atoms with Gasteiger partial charge in [-0.3, -0.25) is 9.59 Å². The van der Waals surface area contributed by atoms with Crippen LogP contribution in [0.2, 0.25) is 0 Å². The summed E-state index contributed by atoms with van der Waals surface area (Å²) in [7, 11) is 1.39. The monoisotopic (exact) mass is 368 g/mol. The number of carbonyl (C=O) groups is 2. The molecule has 5 nitrogen and oxygen atoms in total. The Balaban J connectivity index is 2.38. The molecule has 1 aliphatic carbocycles. The fourth-order valence-corrected chi connectivity index (χ4v) is 3.57. The smallest absolute Gasteiger partial charge is 0.305 e. The summed E-state index contributed by atoms with van der Waals surface area (Å²) >= 11 is 0. The van der Waals surface area contributed by atoms with Crippen molar-refractivity contribution in [3.63, 3.8) is 0 Å². The maximum atomic E-state index is 12.1. The molecule has 0 aliphatic heterocycles. The van der Waals surface area contributed by atoms with Gasteiger partial charge in [0.25, 0.3) is 0 Å². The minimum atomic E-state index is -0.615. The van der Waals surface area contributed by atoms with Crippen LogP contribution in [0.5, 0.6) is 0 Å². The third-order valence-corrected chi connectivity index (χ3v) is 5.21. The molecule has 0 saturated heterocycles. The van der Waals surface area contributed by atoms with E-state index in [0.29, 0.717) is 19.3 Å². The molecule has 1 saturated carbocycles. The Morgan fingerprint density at radius 3 is 2.69 bits per heavy atom. The lowest BCUT2D eigenvalue weighted by atomic mass is 9.91. The molecular formula is C21H36O5. The van der Waals surface area contributed by atoms with Gasteiger partial charge in [-0.05, 0) is 44.1 Å². The minimum Gasteiger partial charge on any atom is -0.469 e. The van der Waals surface area contributed by atoms with Crippen LogP contribution >= 0.6 is 0 Å². The summed E-state index contributed by atoms with van der Waals surface area (Å²) < 4.78 is 4.61. The van der Waals surface area contributed by atoms with E-state index in [-0.39, 0.29) is 30.2 Å². The number of hydrogen-bond donors (Lipinski definition) is 2. The average Bonchev–Trinajstić information content (AvgIpc) is 2.89. The Morgan fingerprint density at radius 2 is 2.00 bits per heavy atom. The van der Waals surface area contributed by atoms with Crippen LogP contribution in [0.1, 0.15) is 84.0 Å². The zero-order chi connectivity index (χ0) is 19.4. The number of ketones is 1. The van der Waals surface area contributed by atoms with Gasteiger partial charge in [-0.25, -0.2) is 0 Å². The first-order chi connectivity index (χ1) is 12.5. The molecule has 0 heterocycles. The third-order valence-electron chi connectivity index (χ3n) is 5.21. The van der Waals surface area contributed by atoms with E-state index in [1.165, 1.54) is 7.11 Å². The molecule has 2 N–H and O–H groups in total. The second-order valence-electron chi connectivity index (χ2n) is 7.36. The van der Waals surface area contributed by atoms with Crippen LogP contribution in [-0.2, 0) is 14.3 Å². The van der Waals surface area contributed by atoms with Crippen molar-refractivity contribution >= 4 is 11.8 Å². The number of rotatable bonds is 13. The van der Waals surface area contributed by atoms with E-state index in [4.69, 9.17) is 0 Å². The highest BCUT2D eigenvalue weighted by Crippen LogP contribution is 2.33. The summed E-state index contributed by atoms with van der Waals surface area (Å²) in [6.07, 6.45) is 10.4. The Kier molecular flexibility index (Phi) is 11.5. The van der Waals surface area contributed by atoms with Crippen molar-refractivity contribution in [1.29, 1.82) is 0 Å². The zero-order valence-electron chi connectivity index (χ0n) is 16.4. The quantitative estimate of drug-likeness (QED) is 0.294. The number of hydrogen-bond acceptors (Lipinski definition) is 5. The molecule has 0 radical (unpaired) electrons. The summed E-state index contributed by atoms with van der Waals surface area (Å²) in [6, 6.07) is 0. The molecule has 0 aromatic heterocycles. The van der Waals surface area contributed by atoms with Gasteiger partial charge >= 0.3 is 5.97 Å². The average molecular weight is 369 g/mol. The van der Waals surface area contributed by atoms with E-state index in [2.05, 4.69) is 11.7 Å². The van der Waals surface area contributed by atoms with Gasteiger partial charge in [-0.1, -0.05) is 38.7 Å². The topological polar surface area (TPSA) is 83.8 Å². The second-order valence-corrected chi connectivity index (χ2v) is 7.36. The number of ether oxygens (including phenoxy) is 1. The molecule has 1 rings (SSSR count). The summed E-state index contributed by atoms with van der Waals surface area (Å²) in [5.74, 6) is -0.286. The van der Waals surface area contributed by atoms with Gasteiger partial charge in [0.2, 0.25) is 0 Å². The number of allylic oxidation sites excluding steroid dienone is 1. The van der Waals surface area contributed by atoms with Crippen molar-refractivity contribution in [2.45, 2.75) is 96.2 Å². The Hall–Kier alpha value is -1.20. The Morgan fingerprint density at radius 1 is 1.23 bits per heavy atom. The van der Waals surface area contributed by atoms with Crippen LogP contribution < -0.4 is 0 Å². The van der Waals surface area contributed by atoms with Gasteiger partial charge < -0.3 is 14.9 Å². The summed E-state index contributed by atoms with van der Waals surface area (Å²) in [5, 5.41) is 20.3. The van der Waals surface area contributed by atoms with Crippen molar-refractivity contribution in [1.82, 2.24) is 0 Å². The Bertz CT molecular complexity index is 457. The predicted octanol–water partition coefficient (Wildman–Crippen LogP) is 3.71. The molecule has 1 fully saturated rings. The van der Waals surface area contributed by atoms with Crippen molar-refractivity contribution in [2.75, 3.05) is 7.11 Å². The van der Waals surface area contributed by atoms with Gasteiger partial charge in [0.1, 0.15) is 0 Å². The summed E-state index contributed by atoms with van der Waals surface area (Å²) in [5.41, 5.74) is 0.742. The van der Waals surface area contributed by atoms with Gasteiger partial charge in [0, 0.05) is 18.8 Å². The van der Waals surface area contributed by atoms with Gasteiger partial charge in [-0.15, -0.1) is 0 Å². The van der Waals surface area contributed by atoms with Crippen LogP contribution in [-0.4, -0.2) is 41.3 Å². The maximum Gasteiger partial charge on any atom is 0.305 e. The van der Waals surface area contributed by atoms with E-state index < -0.39 is 6.10 Å². The lowest BCUT2D eigenvalue weighted by molar-refractivity contribution is -0.140. The van der Waals surface area contributed by atoms with Crippen LogP contribution in [0.4, 0.5) is 0 Å². The zero-order valence-corrected chi connectivity index (χ0v) is 16.4. The lowest BCUT2D eigenvalue weighted by Gasteiger charge is -2.18. The molecule has 0 unspecified atom stereocenters. The van der Waals surface area contributed by atoms with E-state index >= 15 is 0 Å². The number of aliphatic hydroxyl groups excluding tert-OH is 2.